The van der Waals surface area contributed by atoms with E-state index in [-0.39, 0.29) is 0 Å². The quantitative estimate of drug-likeness (QED) is 0.796. The highest BCUT2D eigenvalue weighted by Crippen LogP contribution is 2.27. The average molecular weight is 260 g/mol. The van der Waals surface area contributed by atoms with E-state index in [1.165, 1.54) is 25.0 Å². The molecule has 0 N–H and O–H groups in total. The van der Waals surface area contributed by atoms with E-state index in [1.54, 1.807) is 0 Å². The van der Waals surface area contributed by atoms with Gasteiger partial charge in [-0.05, 0) is 30.7 Å². The van der Waals surface area contributed by atoms with Crippen LogP contribution in [-0.4, -0.2) is 26.7 Å². The van der Waals surface area contributed by atoms with Gasteiger partial charge in [0.05, 0.1) is 5.69 Å². The fourth-order valence-electron chi connectivity index (χ4n) is 2.42. The Morgan fingerprint density at radius 3 is 3.22 bits per heavy atom. The number of fused-ring (bicyclic) bond motifs is 1. The first-order valence-corrected chi connectivity index (χ1v) is 7.44. The summed E-state index contributed by atoms with van der Waals surface area (Å²) in [6.45, 7) is 0. The van der Waals surface area contributed by atoms with Crippen LogP contribution in [0.3, 0.4) is 0 Å². The number of rotatable bonds is 3. The summed E-state index contributed by atoms with van der Waals surface area (Å²) >= 11 is 2.07. The molecule has 3 heterocycles. The zero-order valence-electron chi connectivity index (χ0n) is 10.2. The van der Waals surface area contributed by atoms with Crippen LogP contribution in [0.1, 0.15) is 35.3 Å². The molecule has 1 unspecified atom stereocenters. The molecular formula is C14H16N2OS. The minimum absolute atomic E-state index is 0.687. The number of carbonyl (C=O) groups is 1. The van der Waals surface area contributed by atoms with Gasteiger partial charge in [-0.3, -0.25) is 4.79 Å². The zero-order chi connectivity index (χ0) is 12.4. The maximum absolute atomic E-state index is 10.7. The standard InChI is InChI=1S/C14H16N2OS/c17-10-11-4-5-16-9-12(15-14(16)7-11)8-13-3-1-2-6-18-13/h4-5,7,9-10,13H,1-3,6,8H2. The topological polar surface area (TPSA) is 34.4 Å². The van der Waals surface area contributed by atoms with Crippen LogP contribution in [0, 0.1) is 0 Å². The Labute approximate surface area is 111 Å². The van der Waals surface area contributed by atoms with Gasteiger partial charge in [0, 0.05) is 29.6 Å². The molecule has 3 nitrogen and oxygen atoms in total. The lowest BCUT2D eigenvalue weighted by atomic mass is 10.1. The highest BCUT2D eigenvalue weighted by atomic mass is 32.2. The summed E-state index contributed by atoms with van der Waals surface area (Å²) in [6, 6.07) is 3.66. The third-order valence-corrected chi connectivity index (χ3v) is 4.78. The van der Waals surface area contributed by atoms with E-state index in [1.807, 2.05) is 22.7 Å². The number of aromatic nitrogens is 2. The van der Waals surface area contributed by atoms with Crippen molar-refractivity contribution in [1.82, 2.24) is 9.38 Å². The Morgan fingerprint density at radius 1 is 1.50 bits per heavy atom. The maximum atomic E-state index is 10.7. The molecule has 1 aliphatic heterocycles. The van der Waals surface area contributed by atoms with Crippen molar-refractivity contribution < 1.29 is 4.79 Å². The van der Waals surface area contributed by atoms with Crippen LogP contribution >= 0.6 is 11.8 Å². The highest BCUT2D eigenvalue weighted by molar-refractivity contribution is 7.99. The fourth-order valence-corrected chi connectivity index (χ4v) is 3.75. The molecule has 2 aromatic heterocycles. The van der Waals surface area contributed by atoms with Gasteiger partial charge in [-0.15, -0.1) is 0 Å². The second kappa shape index (κ2) is 5.14. The smallest absolute Gasteiger partial charge is 0.150 e. The summed E-state index contributed by atoms with van der Waals surface area (Å²) in [7, 11) is 0. The molecule has 3 rings (SSSR count). The minimum atomic E-state index is 0.687. The number of hydrogen-bond acceptors (Lipinski definition) is 3. The lowest BCUT2D eigenvalue weighted by Gasteiger charge is -2.19. The summed E-state index contributed by atoms with van der Waals surface area (Å²) in [5.41, 5.74) is 2.69. The molecule has 0 aromatic carbocycles. The largest absolute Gasteiger partial charge is 0.307 e. The van der Waals surface area contributed by atoms with Crippen molar-refractivity contribution in [3.63, 3.8) is 0 Å². The van der Waals surface area contributed by atoms with Crippen molar-refractivity contribution in [3.8, 4) is 0 Å². The summed E-state index contributed by atoms with van der Waals surface area (Å²) in [5.74, 6) is 1.29. The number of thioether (sulfide) groups is 1. The average Bonchev–Trinajstić information content (AvgIpc) is 2.80. The van der Waals surface area contributed by atoms with Gasteiger partial charge in [0.1, 0.15) is 11.9 Å². The predicted molar refractivity (Wildman–Crippen MR) is 74.4 cm³/mol. The number of hydrogen-bond donors (Lipinski definition) is 0. The van der Waals surface area contributed by atoms with Crippen LogP contribution in [-0.2, 0) is 6.42 Å². The molecular weight excluding hydrogens is 244 g/mol. The van der Waals surface area contributed by atoms with Gasteiger partial charge in [-0.2, -0.15) is 11.8 Å². The van der Waals surface area contributed by atoms with Gasteiger partial charge in [0.25, 0.3) is 0 Å². The first-order chi connectivity index (χ1) is 8.85. The van der Waals surface area contributed by atoms with Gasteiger partial charge in [0.2, 0.25) is 0 Å². The van der Waals surface area contributed by atoms with Crippen molar-refractivity contribution in [2.24, 2.45) is 0 Å². The zero-order valence-corrected chi connectivity index (χ0v) is 11.0. The Balaban J connectivity index is 1.81. The molecule has 4 heteroatoms. The predicted octanol–water partition coefficient (Wildman–Crippen LogP) is 2.98. The number of aldehydes is 1. The first-order valence-electron chi connectivity index (χ1n) is 6.39. The monoisotopic (exact) mass is 260 g/mol. The second-order valence-corrected chi connectivity index (χ2v) is 6.18. The summed E-state index contributed by atoms with van der Waals surface area (Å²) in [4.78, 5) is 15.3. The Kier molecular flexibility index (Phi) is 3.37. The molecule has 0 bridgehead atoms. The van der Waals surface area contributed by atoms with Crippen LogP contribution in [0.2, 0.25) is 0 Å². The fraction of sp³-hybridized carbons (Fsp3) is 0.429. The normalized spacial score (nSPS) is 20.1. The van der Waals surface area contributed by atoms with Gasteiger partial charge < -0.3 is 4.40 Å². The van der Waals surface area contributed by atoms with Crippen LogP contribution in [0.4, 0.5) is 0 Å². The Bertz CT molecular complexity index is 558. The van der Waals surface area contributed by atoms with Crippen molar-refractivity contribution in [3.05, 3.63) is 35.8 Å². The van der Waals surface area contributed by atoms with E-state index >= 15 is 0 Å². The molecule has 18 heavy (non-hydrogen) atoms. The van der Waals surface area contributed by atoms with E-state index in [9.17, 15) is 4.79 Å². The van der Waals surface area contributed by atoms with E-state index < -0.39 is 0 Å². The SMILES string of the molecule is O=Cc1ccn2cc(CC3CCCCS3)nc2c1. The number of imidazole rings is 1. The van der Waals surface area contributed by atoms with Gasteiger partial charge >= 0.3 is 0 Å². The third kappa shape index (κ3) is 2.43. The van der Waals surface area contributed by atoms with Gasteiger partial charge in [-0.1, -0.05) is 6.42 Å². The molecule has 1 aliphatic rings. The molecule has 94 valence electrons. The van der Waals surface area contributed by atoms with E-state index in [0.717, 1.165) is 24.0 Å². The van der Waals surface area contributed by atoms with Crippen LogP contribution in [0.15, 0.2) is 24.5 Å². The third-order valence-electron chi connectivity index (χ3n) is 3.38. The molecule has 0 saturated carbocycles. The first kappa shape index (κ1) is 11.8. The van der Waals surface area contributed by atoms with Crippen LogP contribution < -0.4 is 0 Å². The molecule has 1 fully saturated rings. The highest BCUT2D eigenvalue weighted by Gasteiger charge is 2.15. The number of nitrogens with zero attached hydrogens (tertiary/aromatic N) is 2. The van der Waals surface area contributed by atoms with E-state index in [2.05, 4.69) is 22.9 Å². The lowest BCUT2D eigenvalue weighted by Crippen LogP contribution is -2.12. The van der Waals surface area contributed by atoms with Gasteiger partial charge in [-0.25, -0.2) is 4.98 Å². The van der Waals surface area contributed by atoms with Crippen molar-refractivity contribution in [2.45, 2.75) is 30.9 Å². The molecule has 1 atom stereocenters. The van der Waals surface area contributed by atoms with Crippen LogP contribution in [0.25, 0.3) is 5.65 Å². The summed E-state index contributed by atoms with van der Waals surface area (Å²) in [5, 5.41) is 0.717. The molecule has 0 radical (unpaired) electrons. The van der Waals surface area contributed by atoms with E-state index in [0.29, 0.717) is 10.8 Å². The molecule has 2 aromatic rings. The van der Waals surface area contributed by atoms with E-state index in [4.69, 9.17) is 0 Å². The Hall–Kier alpha value is -1.29. The molecule has 0 spiro atoms. The van der Waals surface area contributed by atoms with Crippen molar-refractivity contribution in [2.75, 3.05) is 5.75 Å². The lowest BCUT2D eigenvalue weighted by molar-refractivity contribution is 0.112. The number of carbonyl (C=O) groups excluding carboxylic acids is 1. The van der Waals surface area contributed by atoms with Crippen molar-refractivity contribution >= 4 is 23.7 Å². The minimum Gasteiger partial charge on any atom is -0.307 e. The van der Waals surface area contributed by atoms with Gasteiger partial charge in [0.15, 0.2) is 0 Å². The molecule has 0 aliphatic carbocycles. The molecule has 1 saturated heterocycles. The van der Waals surface area contributed by atoms with Crippen LogP contribution in [0.5, 0.6) is 0 Å². The second-order valence-electron chi connectivity index (χ2n) is 4.77. The summed E-state index contributed by atoms with van der Waals surface area (Å²) < 4.78 is 2.00. The summed E-state index contributed by atoms with van der Waals surface area (Å²) in [6.07, 6.45) is 9.91. The van der Waals surface area contributed by atoms with Crippen molar-refractivity contribution in [1.29, 1.82) is 0 Å². The molecule has 0 amide bonds. The Morgan fingerprint density at radius 2 is 2.44 bits per heavy atom. The maximum Gasteiger partial charge on any atom is 0.150 e. The number of pyridine rings is 1.